The highest BCUT2D eigenvalue weighted by Crippen LogP contribution is 2.26. The number of thiazole rings is 1. The van der Waals surface area contributed by atoms with Gasteiger partial charge in [-0.3, -0.25) is 14.2 Å². The number of carbonyl (C=O) groups is 2. The summed E-state index contributed by atoms with van der Waals surface area (Å²) in [6.45, 7) is 0.289. The van der Waals surface area contributed by atoms with Gasteiger partial charge in [-0.2, -0.15) is 0 Å². The van der Waals surface area contributed by atoms with Crippen LogP contribution in [0.3, 0.4) is 0 Å². The van der Waals surface area contributed by atoms with Crippen molar-refractivity contribution in [2.24, 2.45) is 0 Å². The molecule has 0 aliphatic rings. The van der Waals surface area contributed by atoms with Gasteiger partial charge >= 0.3 is 5.97 Å². The van der Waals surface area contributed by atoms with Gasteiger partial charge in [0.15, 0.2) is 16.5 Å². The number of imidazole rings is 1. The minimum Gasteiger partial charge on any atom is -0.476 e. The van der Waals surface area contributed by atoms with E-state index in [-0.39, 0.29) is 35.1 Å². The molecule has 0 bridgehead atoms. The molecule has 5 rings (SSSR count). The van der Waals surface area contributed by atoms with Crippen LogP contribution < -0.4 is 11.1 Å². The lowest BCUT2D eigenvalue weighted by Crippen LogP contribution is -2.23. The molecule has 10 heteroatoms. The quantitative estimate of drug-likeness (QED) is 0.379. The minimum absolute atomic E-state index is 0.0194. The molecule has 0 saturated heterocycles. The molecule has 4 aromatic heterocycles. The summed E-state index contributed by atoms with van der Waals surface area (Å²) < 4.78 is 2.36. The first kappa shape index (κ1) is 19.6. The minimum atomic E-state index is -1.14. The van der Waals surface area contributed by atoms with Crippen molar-refractivity contribution in [3.63, 3.8) is 0 Å². The van der Waals surface area contributed by atoms with Crippen molar-refractivity contribution in [2.45, 2.75) is 6.54 Å². The molecule has 1 amide bonds. The van der Waals surface area contributed by atoms with Crippen molar-refractivity contribution < 1.29 is 14.7 Å². The van der Waals surface area contributed by atoms with E-state index in [9.17, 15) is 14.7 Å². The Labute approximate surface area is 185 Å². The Hall–Kier alpha value is -4.31. The zero-order valence-corrected chi connectivity index (χ0v) is 17.3. The standard InChI is InChI=1S/C22H16N6O3S/c23-22-26-15-4-3-12(10-16(15)32-22)11-25-20(29)14-2-1-9-28-18(21(30)31)17(27-19(14)28)13-5-7-24-8-6-13/h1-10H,11H2,(H2,23,26)(H,25,29)(H,30,31). The summed E-state index contributed by atoms with van der Waals surface area (Å²) in [5.41, 5.74) is 8.86. The predicted molar refractivity (Wildman–Crippen MR) is 121 cm³/mol. The van der Waals surface area contributed by atoms with Gasteiger partial charge < -0.3 is 16.2 Å². The number of pyridine rings is 2. The summed E-state index contributed by atoms with van der Waals surface area (Å²) in [7, 11) is 0. The molecule has 0 spiro atoms. The van der Waals surface area contributed by atoms with Crippen LogP contribution in [0.2, 0.25) is 0 Å². The van der Waals surface area contributed by atoms with E-state index < -0.39 is 5.97 Å². The Kier molecular flexibility index (Phi) is 4.75. The van der Waals surface area contributed by atoms with Crippen molar-refractivity contribution in [3.8, 4) is 11.3 Å². The molecule has 9 nitrogen and oxygen atoms in total. The number of nitrogens with two attached hydrogens (primary N) is 1. The molecule has 0 unspecified atom stereocenters. The van der Waals surface area contributed by atoms with Crippen molar-refractivity contribution >= 4 is 44.2 Å². The van der Waals surface area contributed by atoms with E-state index in [1.165, 1.54) is 15.7 Å². The number of amides is 1. The van der Waals surface area contributed by atoms with Gasteiger partial charge in [0.05, 0.1) is 15.8 Å². The Balaban J connectivity index is 1.49. The van der Waals surface area contributed by atoms with Crippen molar-refractivity contribution in [1.29, 1.82) is 0 Å². The van der Waals surface area contributed by atoms with E-state index in [1.807, 2.05) is 18.2 Å². The largest absolute Gasteiger partial charge is 0.476 e. The lowest BCUT2D eigenvalue weighted by molar-refractivity contribution is 0.0689. The number of anilines is 1. The van der Waals surface area contributed by atoms with Gasteiger partial charge in [-0.15, -0.1) is 0 Å². The summed E-state index contributed by atoms with van der Waals surface area (Å²) in [5, 5.41) is 13.2. The van der Waals surface area contributed by atoms with E-state index in [1.54, 1.807) is 42.9 Å². The number of nitrogens with one attached hydrogen (secondary N) is 1. The molecule has 4 heterocycles. The number of nitrogen functional groups attached to an aromatic ring is 1. The van der Waals surface area contributed by atoms with Crippen LogP contribution in [0.4, 0.5) is 5.13 Å². The van der Waals surface area contributed by atoms with E-state index in [0.29, 0.717) is 10.7 Å². The average molecular weight is 444 g/mol. The Morgan fingerprint density at radius 2 is 1.94 bits per heavy atom. The van der Waals surface area contributed by atoms with Crippen LogP contribution >= 0.6 is 11.3 Å². The van der Waals surface area contributed by atoms with Crippen LogP contribution in [0, 0.1) is 0 Å². The van der Waals surface area contributed by atoms with Crippen LogP contribution in [0.1, 0.15) is 26.4 Å². The molecular weight excluding hydrogens is 428 g/mol. The number of hydrogen-bond acceptors (Lipinski definition) is 7. The normalized spacial score (nSPS) is 11.1. The zero-order valence-electron chi connectivity index (χ0n) is 16.5. The molecule has 0 atom stereocenters. The maximum atomic E-state index is 13.0. The second-order valence-corrected chi connectivity index (χ2v) is 8.06. The van der Waals surface area contributed by atoms with Gasteiger partial charge in [-0.25, -0.2) is 14.8 Å². The topological polar surface area (TPSA) is 136 Å². The fourth-order valence-corrected chi connectivity index (χ4v) is 4.33. The first-order valence-corrected chi connectivity index (χ1v) is 10.4. The maximum absolute atomic E-state index is 13.0. The van der Waals surface area contributed by atoms with Crippen molar-refractivity contribution in [3.05, 3.63) is 77.9 Å². The number of carboxylic acids is 1. The van der Waals surface area contributed by atoms with Gasteiger partial charge in [0, 0.05) is 30.7 Å². The van der Waals surface area contributed by atoms with Gasteiger partial charge in [0.2, 0.25) is 0 Å². The molecule has 32 heavy (non-hydrogen) atoms. The molecule has 5 aromatic rings. The first-order valence-electron chi connectivity index (χ1n) is 9.59. The number of carbonyl (C=O) groups excluding carboxylic acids is 1. The molecule has 1 aromatic carbocycles. The summed E-state index contributed by atoms with van der Waals surface area (Å²) in [5.74, 6) is -1.50. The third-order valence-electron chi connectivity index (χ3n) is 4.97. The molecular formula is C22H16N6O3S. The van der Waals surface area contributed by atoms with E-state index >= 15 is 0 Å². The van der Waals surface area contributed by atoms with Crippen molar-refractivity contribution in [1.82, 2.24) is 24.7 Å². The van der Waals surface area contributed by atoms with Crippen LogP contribution in [-0.2, 0) is 6.54 Å². The van der Waals surface area contributed by atoms with Gasteiger partial charge in [-0.1, -0.05) is 17.4 Å². The molecule has 0 aliphatic heterocycles. The van der Waals surface area contributed by atoms with E-state index in [0.717, 1.165) is 15.8 Å². The fourth-order valence-electron chi connectivity index (χ4n) is 3.53. The van der Waals surface area contributed by atoms with Gasteiger partial charge in [-0.05, 0) is 42.0 Å². The highest BCUT2D eigenvalue weighted by Gasteiger charge is 2.23. The SMILES string of the molecule is Nc1nc2ccc(CNC(=O)c3cccn4c(C(=O)O)c(-c5ccncc5)nc34)cc2s1. The van der Waals surface area contributed by atoms with Crippen LogP contribution in [0.5, 0.6) is 0 Å². The summed E-state index contributed by atoms with van der Waals surface area (Å²) in [4.78, 5) is 37.6. The molecule has 158 valence electrons. The predicted octanol–water partition coefficient (Wildman–Crippen LogP) is 3.22. The number of carboxylic acid groups (broad SMARTS) is 1. The number of hydrogen-bond donors (Lipinski definition) is 3. The fraction of sp³-hybridized carbons (Fsp3) is 0.0455. The smallest absolute Gasteiger partial charge is 0.355 e. The highest BCUT2D eigenvalue weighted by atomic mass is 32.1. The van der Waals surface area contributed by atoms with E-state index in [2.05, 4.69) is 20.3 Å². The second kappa shape index (κ2) is 7.75. The Morgan fingerprint density at radius 3 is 2.72 bits per heavy atom. The first-order chi connectivity index (χ1) is 15.5. The number of aromatic nitrogens is 4. The van der Waals surface area contributed by atoms with E-state index in [4.69, 9.17) is 5.73 Å². The van der Waals surface area contributed by atoms with Gasteiger partial charge in [0.1, 0.15) is 5.69 Å². The lowest BCUT2D eigenvalue weighted by atomic mass is 10.1. The number of rotatable bonds is 5. The third-order valence-corrected chi connectivity index (χ3v) is 5.82. The summed E-state index contributed by atoms with van der Waals surface area (Å²) >= 11 is 1.38. The summed E-state index contributed by atoms with van der Waals surface area (Å²) in [6.07, 6.45) is 4.70. The maximum Gasteiger partial charge on any atom is 0.355 e. The number of fused-ring (bicyclic) bond motifs is 2. The Bertz CT molecular complexity index is 1490. The second-order valence-electron chi connectivity index (χ2n) is 7.00. The van der Waals surface area contributed by atoms with Crippen LogP contribution in [0.15, 0.2) is 61.1 Å². The summed E-state index contributed by atoms with van der Waals surface area (Å²) in [6, 6.07) is 12.3. The average Bonchev–Trinajstić information content (AvgIpc) is 3.37. The van der Waals surface area contributed by atoms with Crippen LogP contribution in [0.25, 0.3) is 27.1 Å². The third kappa shape index (κ3) is 3.42. The number of benzene rings is 1. The molecule has 4 N–H and O–H groups in total. The monoisotopic (exact) mass is 444 g/mol. The highest BCUT2D eigenvalue weighted by molar-refractivity contribution is 7.22. The van der Waals surface area contributed by atoms with Gasteiger partial charge in [0.25, 0.3) is 5.91 Å². The molecule has 0 aliphatic carbocycles. The zero-order chi connectivity index (χ0) is 22.2. The van der Waals surface area contributed by atoms with Crippen molar-refractivity contribution in [2.75, 3.05) is 5.73 Å². The Morgan fingerprint density at radius 1 is 1.12 bits per heavy atom. The van der Waals surface area contributed by atoms with Crippen LogP contribution in [-0.4, -0.2) is 36.3 Å². The molecule has 0 radical (unpaired) electrons. The number of nitrogens with zero attached hydrogens (tertiary/aromatic N) is 4. The number of aromatic carboxylic acids is 1. The lowest BCUT2D eigenvalue weighted by Gasteiger charge is -2.07. The molecule has 0 saturated carbocycles. The molecule has 0 fully saturated rings.